The van der Waals surface area contributed by atoms with Gasteiger partial charge in [-0.25, -0.2) is 9.50 Å². The van der Waals surface area contributed by atoms with E-state index < -0.39 is 0 Å². The summed E-state index contributed by atoms with van der Waals surface area (Å²) in [5.74, 6) is 0.985. The summed E-state index contributed by atoms with van der Waals surface area (Å²) in [7, 11) is 1.64. The van der Waals surface area contributed by atoms with Crippen LogP contribution in [0.2, 0.25) is 5.02 Å². The molecule has 6 nitrogen and oxygen atoms in total. The molecule has 0 fully saturated rings. The highest BCUT2D eigenvalue weighted by atomic mass is 35.5. The lowest BCUT2D eigenvalue weighted by Gasteiger charge is -2.09. The highest BCUT2D eigenvalue weighted by Gasteiger charge is 2.14. The number of amides is 1. The lowest BCUT2D eigenvalue weighted by atomic mass is 10.1. The van der Waals surface area contributed by atoms with Crippen molar-refractivity contribution in [3.63, 3.8) is 0 Å². The molecule has 4 aromatic rings. The Kier molecular flexibility index (Phi) is 6.44. The van der Waals surface area contributed by atoms with Gasteiger partial charge >= 0.3 is 0 Å². The van der Waals surface area contributed by atoms with E-state index in [0.717, 1.165) is 38.8 Å². The van der Waals surface area contributed by atoms with E-state index in [1.165, 1.54) is 11.8 Å². The van der Waals surface area contributed by atoms with Crippen molar-refractivity contribution in [2.45, 2.75) is 18.5 Å². The second kappa shape index (κ2) is 9.41. The summed E-state index contributed by atoms with van der Waals surface area (Å²) in [6.45, 7) is 2.33. The second-order valence-electron chi connectivity index (χ2n) is 6.91. The molecular formula is C23H21ClN4O2S. The smallest absolute Gasteiger partial charge is 0.230 e. The van der Waals surface area contributed by atoms with Crippen LogP contribution in [0.3, 0.4) is 0 Å². The van der Waals surface area contributed by atoms with Crippen molar-refractivity contribution in [3.8, 4) is 16.9 Å². The van der Waals surface area contributed by atoms with E-state index >= 15 is 0 Å². The van der Waals surface area contributed by atoms with Gasteiger partial charge < -0.3 is 10.1 Å². The first kappa shape index (κ1) is 21.2. The largest absolute Gasteiger partial charge is 0.497 e. The Balaban J connectivity index is 1.49. The van der Waals surface area contributed by atoms with E-state index in [0.29, 0.717) is 11.6 Å². The topological polar surface area (TPSA) is 68.5 Å². The molecule has 0 saturated heterocycles. The Morgan fingerprint density at radius 2 is 1.97 bits per heavy atom. The van der Waals surface area contributed by atoms with Gasteiger partial charge in [0.2, 0.25) is 5.91 Å². The van der Waals surface area contributed by atoms with Gasteiger partial charge in [-0.2, -0.15) is 5.10 Å². The van der Waals surface area contributed by atoms with Gasteiger partial charge in [0.25, 0.3) is 0 Å². The number of rotatable bonds is 7. The van der Waals surface area contributed by atoms with E-state index in [4.69, 9.17) is 16.3 Å². The normalized spacial score (nSPS) is 10.9. The Morgan fingerprint density at radius 3 is 2.71 bits per heavy atom. The van der Waals surface area contributed by atoms with Crippen molar-refractivity contribution in [2.24, 2.45) is 0 Å². The monoisotopic (exact) mass is 452 g/mol. The third-order valence-corrected chi connectivity index (χ3v) is 6.12. The zero-order valence-corrected chi connectivity index (χ0v) is 18.7. The van der Waals surface area contributed by atoms with E-state index in [1.54, 1.807) is 17.8 Å². The molecular weight excluding hydrogens is 432 g/mol. The number of fused-ring (bicyclic) bond motifs is 1. The molecule has 0 aliphatic heterocycles. The first-order valence-corrected chi connectivity index (χ1v) is 11.0. The minimum atomic E-state index is -0.0740. The van der Waals surface area contributed by atoms with Crippen molar-refractivity contribution < 1.29 is 9.53 Å². The molecule has 0 unspecified atom stereocenters. The molecule has 8 heteroatoms. The van der Waals surface area contributed by atoms with Gasteiger partial charge in [-0.3, -0.25) is 4.79 Å². The molecule has 0 radical (unpaired) electrons. The van der Waals surface area contributed by atoms with Gasteiger partial charge in [-0.05, 0) is 42.3 Å². The molecule has 0 saturated carbocycles. The number of methoxy groups -OCH3 is 1. The van der Waals surface area contributed by atoms with E-state index in [2.05, 4.69) is 15.4 Å². The number of hydrogen-bond donors (Lipinski definition) is 1. The average Bonchev–Trinajstić information content (AvgIpc) is 3.20. The van der Waals surface area contributed by atoms with Crippen LogP contribution in [0.4, 0.5) is 0 Å². The Hall–Kier alpha value is -3.03. The number of hydrogen-bond acceptors (Lipinski definition) is 5. The number of carbonyl (C=O) groups is 1. The minimum Gasteiger partial charge on any atom is -0.497 e. The van der Waals surface area contributed by atoms with E-state index in [-0.39, 0.29) is 11.7 Å². The molecule has 0 atom stereocenters. The van der Waals surface area contributed by atoms with Gasteiger partial charge in [-0.1, -0.05) is 53.7 Å². The van der Waals surface area contributed by atoms with Crippen LogP contribution >= 0.6 is 23.4 Å². The predicted octanol–water partition coefficient (Wildman–Crippen LogP) is 4.78. The fraction of sp³-hybridized carbons (Fsp3) is 0.174. The first-order chi connectivity index (χ1) is 15.0. The molecule has 2 aromatic heterocycles. The lowest BCUT2D eigenvalue weighted by molar-refractivity contribution is -0.118. The number of aryl methyl sites for hydroxylation is 1. The molecule has 31 heavy (non-hydrogen) atoms. The van der Waals surface area contributed by atoms with Crippen LogP contribution in [0.5, 0.6) is 5.75 Å². The number of ether oxygens (including phenoxy) is 1. The van der Waals surface area contributed by atoms with Gasteiger partial charge in [0.1, 0.15) is 10.8 Å². The number of carbonyl (C=O) groups excluding carboxylic acids is 1. The van der Waals surface area contributed by atoms with Crippen molar-refractivity contribution in [3.05, 3.63) is 77.1 Å². The van der Waals surface area contributed by atoms with Gasteiger partial charge in [-0.15, -0.1) is 0 Å². The van der Waals surface area contributed by atoms with Crippen LogP contribution < -0.4 is 10.1 Å². The standard InChI is InChI=1S/C23H21ClN4O2S/c1-15-11-22(31-14-21(29)25-12-17-5-3-4-6-20(17)24)28-23(27-15)19(13-26-28)16-7-9-18(30-2)10-8-16/h3-11,13H,12,14H2,1-2H3,(H,25,29). The summed E-state index contributed by atoms with van der Waals surface area (Å²) in [4.78, 5) is 17.0. The third-order valence-electron chi connectivity index (χ3n) is 4.75. The number of nitrogens with one attached hydrogen (secondary N) is 1. The Bertz CT molecular complexity index is 1220. The quantitative estimate of drug-likeness (QED) is 0.323. The van der Waals surface area contributed by atoms with Crippen LogP contribution in [-0.4, -0.2) is 33.4 Å². The third kappa shape index (κ3) is 4.84. The summed E-state index contributed by atoms with van der Waals surface area (Å²) in [5.41, 5.74) is 4.44. The maximum atomic E-state index is 12.4. The van der Waals surface area contributed by atoms with Crippen molar-refractivity contribution >= 4 is 34.9 Å². The molecule has 2 heterocycles. The summed E-state index contributed by atoms with van der Waals surface area (Å²) < 4.78 is 7.01. The summed E-state index contributed by atoms with van der Waals surface area (Å²) in [5, 5.41) is 8.93. The number of nitrogens with zero attached hydrogens (tertiary/aromatic N) is 3. The van der Waals surface area contributed by atoms with Crippen LogP contribution in [-0.2, 0) is 11.3 Å². The molecule has 4 rings (SSSR count). The minimum absolute atomic E-state index is 0.0740. The van der Waals surface area contributed by atoms with Gasteiger partial charge in [0, 0.05) is 22.8 Å². The fourth-order valence-corrected chi connectivity index (χ4v) is 4.25. The molecule has 0 aliphatic rings. The number of thioether (sulfide) groups is 1. The highest BCUT2D eigenvalue weighted by molar-refractivity contribution is 7.99. The SMILES string of the molecule is COc1ccc(-c2cnn3c(SCC(=O)NCc4ccccc4Cl)cc(C)nc23)cc1. The van der Waals surface area contributed by atoms with Crippen LogP contribution in [0.15, 0.2) is 65.8 Å². The summed E-state index contributed by atoms with van der Waals surface area (Å²) in [6, 6.07) is 17.2. The number of benzene rings is 2. The highest BCUT2D eigenvalue weighted by Crippen LogP contribution is 2.28. The number of halogens is 1. The van der Waals surface area contributed by atoms with E-state index in [1.807, 2.05) is 61.5 Å². The molecule has 1 amide bonds. The average molecular weight is 453 g/mol. The Morgan fingerprint density at radius 1 is 1.19 bits per heavy atom. The summed E-state index contributed by atoms with van der Waals surface area (Å²) >= 11 is 7.57. The maximum absolute atomic E-state index is 12.4. The predicted molar refractivity (Wildman–Crippen MR) is 124 cm³/mol. The van der Waals surface area contributed by atoms with Crippen LogP contribution in [0.25, 0.3) is 16.8 Å². The number of aromatic nitrogens is 3. The van der Waals surface area contributed by atoms with Crippen LogP contribution in [0.1, 0.15) is 11.3 Å². The van der Waals surface area contributed by atoms with E-state index in [9.17, 15) is 4.79 Å². The first-order valence-electron chi connectivity index (χ1n) is 9.68. The zero-order valence-electron chi connectivity index (χ0n) is 17.1. The second-order valence-corrected chi connectivity index (χ2v) is 8.32. The Labute approximate surface area is 189 Å². The molecule has 0 spiro atoms. The lowest BCUT2D eigenvalue weighted by Crippen LogP contribution is -2.24. The fourth-order valence-electron chi connectivity index (χ4n) is 3.15. The molecule has 0 bridgehead atoms. The molecule has 2 aromatic carbocycles. The van der Waals surface area contributed by atoms with Crippen molar-refractivity contribution in [1.29, 1.82) is 0 Å². The van der Waals surface area contributed by atoms with Crippen LogP contribution in [0, 0.1) is 6.92 Å². The summed E-state index contributed by atoms with van der Waals surface area (Å²) in [6.07, 6.45) is 1.80. The van der Waals surface area contributed by atoms with Crippen molar-refractivity contribution in [2.75, 3.05) is 12.9 Å². The van der Waals surface area contributed by atoms with Gasteiger partial charge in [0.15, 0.2) is 5.65 Å². The maximum Gasteiger partial charge on any atom is 0.230 e. The molecule has 0 aliphatic carbocycles. The van der Waals surface area contributed by atoms with Gasteiger partial charge in [0.05, 0.1) is 19.1 Å². The molecule has 1 N–H and O–H groups in total. The zero-order chi connectivity index (χ0) is 21.8. The van der Waals surface area contributed by atoms with Crippen molar-refractivity contribution in [1.82, 2.24) is 19.9 Å². The molecule has 158 valence electrons.